The van der Waals surface area contributed by atoms with Crippen LogP contribution in [0.1, 0.15) is 35.3 Å². The van der Waals surface area contributed by atoms with Crippen molar-refractivity contribution in [3.8, 4) is 11.3 Å². The summed E-state index contributed by atoms with van der Waals surface area (Å²) in [6.07, 6.45) is 3.24. The summed E-state index contributed by atoms with van der Waals surface area (Å²) in [5.41, 5.74) is 2.10. The monoisotopic (exact) mass is 412 g/mol. The lowest BCUT2D eigenvalue weighted by atomic mass is 9.94. The van der Waals surface area contributed by atoms with Crippen LogP contribution in [-0.4, -0.2) is 28.0 Å². The van der Waals surface area contributed by atoms with Gasteiger partial charge in [-0.05, 0) is 67.8 Å². The molecule has 0 saturated heterocycles. The van der Waals surface area contributed by atoms with Gasteiger partial charge < -0.3 is 5.32 Å². The number of benzene rings is 2. The second kappa shape index (κ2) is 8.52. The molecule has 8 heteroatoms. The molecule has 1 amide bonds. The number of aromatic nitrogens is 2. The third-order valence-corrected chi connectivity index (χ3v) is 4.98. The Bertz CT molecular complexity index is 1090. The van der Waals surface area contributed by atoms with Crippen LogP contribution in [0.15, 0.2) is 53.5 Å². The van der Waals surface area contributed by atoms with Crippen molar-refractivity contribution in [2.45, 2.75) is 31.7 Å². The van der Waals surface area contributed by atoms with E-state index in [0.29, 0.717) is 17.2 Å². The minimum absolute atomic E-state index is 0.00632. The molecule has 5 nitrogen and oxygen atoms in total. The molecule has 30 heavy (non-hydrogen) atoms. The van der Waals surface area contributed by atoms with Gasteiger partial charge in [0, 0.05) is 23.2 Å². The number of H-pyrrole nitrogens is 1. The molecule has 0 aliphatic heterocycles. The van der Waals surface area contributed by atoms with Gasteiger partial charge in [0.15, 0.2) is 11.6 Å². The third-order valence-electron chi connectivity index (χ3n) is 4.98. The number of nitrogens with zero attached hydrogens (tertiary/aromatic N) is 2. The molecule has 2 N–H and O–H groups in total. The number of rotatable bonds is 5. The number of hydrogen-bond acceptors (Lipinski definition) is 3. The number of amidine groups is 1. The average Bonchev–Trinajstić information content (AvgIpc) is 3.15. The Hall–Kier alpha value is -3.42. The molecule has 1 aliphatic rings. The van der Waals surface area contributed by atoms with E-state index in [9.17, 15) is 18.0 Å². The normalized spacial score (nSPS) is 14.4. The SMILES string of the molecule is O=C(NC(Cc1cc(-c2ccc(F)cc2)n[nH]1)=NC1CCC1)c1ccc(F)c(F)c1. The highest BCUT2D eigenvalue weighted by atomic mass is 19.2. The molecule has 0 atom stereocenters. The minimum atomic E-state index is -1.09. The number of aromatic amines is 1. The van der Waals surface area contributed by atoms with Gasteiger partial charge in [0.25, 0.3) is 5.91 Å². The van der Waals surface area contributed by atoms with E-state index >= 15 is 0 Å². The number of carbonyl (C=O) groups is 1. The summed E-state index contributed by atoms with van der Waals surface area (Å²) in [6.45, 7) is 0. The van der Waals surface area contributed by atoms with Crippen molar-refractivity contribution in [1.82, 2.24) is 15.5 Å². The van der Waals surface area contributed by atoms with E-state index in [1.807, 2.05) is 0 Å². The van der Waals surface area contributed by atoms with E-state index in [1.54, 1.807) is 18.2 Å². The Morgan fingerprint density at radius 3 is 2.50 bits per heavy atom. The number of aliphatic imine (C=N–C) groups is 1. The largest absolute Gasteiger partial charge is 0.310 e. The highest BCUT2D eigenvalue weighted by Gasteiger charge is 2.19. The summed E-state index contributed by atoms with van der Waals surface area (Å²) in [4.78, 5) is 17.1. The Balaban J connectivity index is 1.51. The van der Waals surface area contributed by atoms with Gasteiger partial charge in [-0.2, -0.15) is 5.10 Å². The molecule has 1 aromatic heterocycles. The predicted molar refractivity (Wildman–Crippen MR) is 107 cm³/mol. The molecule has 3 aromatic rings. The standard InChI is InChI=1S/C22H19F3N4O/c23-15-7-4-13(5-8-15)20-11-17(28-29-20)12-21(26-16-2-1-3-16)27-22(30)14-6-9-18(24)19(25)10-14/h4-11,16H,1-3,12H2,(H,28,29)(H,26,27,30). The molecule has 0 radical (unpaired) electrons. The van der Waals surface area contributed by atoms with Gasteiger partial charge in [-0.25, -0.2) is 13.2 Å². The van der Waals surface area contributed by atoms with Gasteiger partial charge >= 0.3 is 0 Å². The average molecular weight is 412 g/mol. The third kappa shape index (κ3) is 4.59. The molecule has 4 rings (SSSR count). The molecule has 0 unspecified atom stereocenters. The molecule has 2 aromatic carbocycles. The number of halogens is 3. The lowest BCUT2D eigenvalue weighted by Crippen LogP contribution is -2.34. The Kier molecular flexibility index (Phi) is 5.65. The van der Waals surface area contributed by atoms with E-state index in [2.05, 4.69) is 20.5 Å². The first kappa shape index (κ1) is 19.9. The van der Waals surface area contributed by atoms with Gasteiger partial charge in [0.1, 0.15) is 11.7 Å². The maximum Gasteiger partial charge on any atom is 0.256 e. The minimum Gasteiger partial charge on any atom is -0.310 e. The number of carbonyl (C=O) groups excluding carboxylic acids is 1. The van der Waals surface area contributed by atoms with E-state index in [0.717, 1.165) is 37.0 Å². The predicted octanol–water partition coefficient (Wildman–Crippen LogP) is 4.42. The summed E-state index contributed by atoms with van der Waals surface area (Å²) >= 11 is 0. The highest BCUT2D eigenvalue weighted by molar-refractivity contribution is 6.06. The van der Waals surface area contributed by atoms with E-state index in [4.69, 9.17) is 0 Å². The first-order chi connectivity index (χ1) is 14.5. The lowest BCUT2D eigenvalue weighted by molar-refractivity contribution is 0.0975. The van der Waals surface area contributed by atoms with E-state index in [1.165, 1.54) is 18.2 Å². The van der Waals surface area contributed by atoms with E-state index < -0.39 is 17.5 Å². The smallest absolute Gasteiger partial charge is 0.256 e. The highest BCUT2D eigenvalue weighted by Crippen LogP contribution is 2.23. The van der Waals surface area contributed by atoms with Crippen LogP contribution in [0.5, 0.6) is 0 Å². The molecule has 1 saturated carbocycles. The van der Waals surface area contributed by atoms with Crippen molar-refractivity contribution in [3.05, 3.63) is 77.2 Å². The van der Waals surface area contributed by atoms with Gasteiger partial charge in [-0.1, -0.05) is 0 Å². The van der Waals surface area contributed by atoms with Crippen LogP contribution in [0.4, 0.5) is 13.2 Å². The summed E-state index contributed by atoms with van der Waals surface area (Å²) in [5, 5.41) is 9.85. The summed E-state index contributed by atoms with van der Waals surface area (Å²) in [6, 6.07) is 10.9. The van der Waals surface area contributed by atoms with Gasteiger partial charge in [-0.3, -0.25) is 14.9 Å². The summed E-state index contributed by atoms with van der Waals surface area (Å²) in [7, 11) is 0. The zero-order chi connectivity index (χ0) is 21.1. The van der Waals surface area contributed by atoms with Crippen LogP contribution in [0.25, 0.3) is 11.3 Å². The van der Waals surface area contributed by atoms with Gasteiger partial charge in [0.05, 0.1) is 11.7 Å². The number of amides is 1. The maximum atomic E-state index is 13.5. The molecule has 0 bridgehead atoms. The van der Waals surface area contributed by atoms with Crippen LogP contribution in [0.3, 0.4) is 0 Å². The Morgan fingerprint density at radius 2 is 1.83 bits per heavy atom. The van der Waals surface area contributed by atoms with Crippen molar-refractivity contribution in [3.63, 3.8) is 0 Å². The first-order valence-electron chi connectivity index (χ1n) is 9.61. The van der Waals surface area contributed by atoms with Crippen LogP contribution >= 0.6 is 0 Å². The lowest BCUT2D eigenvalue weighted by Gasteiger charge is -2.22. The Labute approximate surface area is 171 Å². The van der Waals surface area contributed by atoms with Crippen LogP contribution in [0, 0.1) is 17.5 Å². The fourth-order valence-electron chi connectivity index (χ4n) is 3.10. The molecule has 1 aliphatic carbocycles. The molecule has 154 valence electrons. The van der Waals surface area contributed by atoms with Crippen LogP contribution in [-0.2, 0) is 6.42 Å². The van der Waals surface area contributed by atoms with Gasteiger partial charge in [-0.15, -0.1) is 0 Å². The zero-order valence-corrected chi connectivity index (χ0v) is 16.0. The molecule has 1 fully saturated rings. The molecule has 1 heterocycles. The second-order valence-electron chi connectivity index (χ2n) is 7.21. The van der Waals surface area contributed by atoms with Crippen molar-refractivity contribution in [1.29, 1.82) is 0 Å². The van der Waals surface area contributed by atoms with Crippen molar-refractivity contribution < 1.29 is 18.0 Å². The molecule has 0 spiro atoms. The number of nitrogens with one attached hydrogen (secondary N) is 2. The van der Waals surface area contributed by atoms with E-state index in [-0.39, 0.29) is 23.8 Å². The number of hydrogen-bond donors (Lipinski definition) is 2. The van der Waals surface area contributed by atoms with Crippen molar-refractivity contribution in [2.75, 3.05) is 0 Å². The zero-order valence-electron chi connectivity index (χ0n) is 16.0. The van der Waals surface area contributed by atoms with Crippen LogP contribution < -0.4 is 5.32 Å². The Morgan fingerprint density at radius 1 is 1.07 bits per heavy atom. The molecular formula is C22H19F3N4O. The van der Waals surface area contributed by atoms with Gasteiger partial charge in [0.2, 0.25) is 0 Å². The fourth-order valence-corrected chi connectivity index (χ4v) is 3.10. The summed E-state index contributed by atoms with van der Waals surface area (Å²) < 4.78 is 39.7. The quantitative estimate of drug-likeness (QED) is 0.481. The molecular weight excluding hydrogens is 393 g/mol. The fraction of sp³-hybridized carbons (Fsp3) is 0.227. The van der Waals surface area contributed by atoms with Crippen molar-refractivity contribution in [2.24, 2.45) is 4.99 Å². The maximum absolute atomic E-state index is 13.5. The topological polar surface area (TPSA) is 70.1 Å². The van der Waals surface area contributed by atoms with Crippen molar-refractivity contribution >= 4 is 11.7 Å². The summed E-state index contributed by atoms with van der Waals surface area (Å²) in [5.74, 6) is -2.57. The second-order valence-corrected chi connectivity index (χ2v) is 7.21. The first-order valence-corrected chi connectivity index (χ1v) is 9.61. The van der Waals surface area contributed by atoms with Crippen LogP contribution in [0.2, 0.25) is 0 Å².